The van der Waals surface area contributed by atoms with Crippen LogP contribution >= 0.6 is 15.9 Å². The summed E-state index contributed by atoms with van der Waals surface area (Å²) in [4.78, 5) is 4.45. The summed E-state index contributed by atoms with van der Waals surface area (Å²) < 4.78 is 29.3. The van der Waals surface area contributed by atoms with E-state index in [1.807, 2.05) is 6.92 Å². The number of hydrogen-bond donors (Lipinski definition) is 0. The molecule has 23 heavy (non-hydrogen) atoms. The van der Waals surface area contributed by atoms with E-state index in [1.165, 1.54) is 18.7 Å². The molecular weight excluding hydrogens is 382 g/mol. The Morgan fingerprint density at radius 2 is 1.91 bits per heavy atom. The summed E-state index contributed by atoms with van der Waals surface area (Å²) in [6.45, 7) is 1.91. The number of halogens is 1. The van der Waals surface area contributed by atoms with Gasteiger partial charge in [0, 0.05) is 6.20 Å². The zero-order valence-electron chi connectivity index (χ0n) is 11.9. The van der Waals surface area contributed by atoms with E-state index in [2.05, 4.69) is 31.1 Å². The largest absolute Gasteiger partial charge is 0.276 e. The van der Waals surface area contributed by atoms with E-state index in [9.17, 15) is 8.42 Å². The molecule has 0 atom stereocenters. The quantitative estimate of drug-likeness (QED) is 0.523. The first-order chi connectivity index (χ1) is 11.0. The lowest BCUT2D eigenvalue weighted by molar-refractivity contribution is 0.588. The molecule has 0 N–H and O–H groups in total. The van der Waals surface area contributed by atoms with Crippen LogP contribution < -0.4 is 0 Å². The zero-order chi connectivity index (χ0) is 16.2. The second-order valence-corrected chi connectivity index (χ2v) is 7.75. The fraction of sp³-hybridized carbons (Fsp3) is 0.0714. The van der Waals surface area contributed by atoms with Crippen molar-refractivity contribution in [1.82, 2.24) is 23.6 Å². The lowest BCUT2D eigenvalue weighted by atomic mass is 10.2. The van der Waals surface area contributed by atoms with Crippen LogP contribution in [0.2, 0.25) is 0 Å². The minimum absolute atomic E-state index is 0.207. The highest BCUT2D eigenvalue weighted by atomic mass is 79.9. The average molecular weight is 392 g/mol. The van der Waals surface area contributed by atoms with Gasteiger partial charge in [0.25, 0.3) is 10.0 Å². The summed E-state index contributed by atoms with van der Waals surface area (Å²) >= 11 is 3.40. The van der Waals surface area contributed by atoms with Crippen molar-refractivity contribution in [2.24, 2.45) is 0 Å². The van der Waals surface area contributed by atoms with E-state index in [0.29, 0.717) is 21.3 Å². The van der Waals surface area contributed by atoms with Crippen molar-refractivity contribution in [1.29, 1.82) is 0 Å². The Labute approximate surface area is 139 Å². The molecule has 7 nitrogen and oxygen atoms in total. The molecule has 0 fully saturated rings. The van der Waals surface area contributed by atoms with Gasteiger partial charge in [0.15, 0.2) is 11.3 Å². The maximum atomic E-state index is 12.9. The SMILES string of the molecule is Cc1ccc(S(=O)(=O)n2cc(Br)c3c2ncc2nncn23)cc1. The van der Waals surface area contributed by atoms with Crippen LogP contribution in [0.5, 0.6) is 0 Å². The molecule has 0 aliphatic rings. The van der Waals surface area contributed by atoms with Gasteiger partial charge in [-0.25, -0.2) is 17.4 Å². The van der Waals surface area contributed by atoms with Gasteiger partial charge in [0.2, 0.25) is 0 Å². The van der Waals surface area contributed by atoms with Crippen molar-refractivity contribution >= 4 is 42.8 Å². The molecule has 4 aromatic rings. The van der Waals surface area contributed by atoms with Crippen LogP contribution in [0.4, 0.5) is 0 Å². The van der Waals surface area contributed by atoms with Crippen molar-refractivity contribution in [3.05, 3.63) is 53.0 Å². The van der Waals surface area contributed by atoms with Crippen molar-refractivity contribution in [3.63, 3.8) is 0 Å². The molecule has 3 heterocycles. The normalized spacial score (nSPS) is 12.3. The van der Waals surface area contributed by atoms with Crippen molar-refractivity contribution < 1.29 is 8.42 Å². The summed E-state index contributed by atoms with van der Waals surface area (Å²) in [5.74, 6) is 0. The maximum absolute atomic E-state index is 12.9. The predicted octanol–water partition coefficient (Wildman–Crippen LogP) is 2.39. The van der Waals surface area contributed by atoms with Crippen LogP contribution in [0.25, 0.3) is 16.8 Å². The molecule has 3 aromatic heterocycles. The molecule has 0 aliphatic carbocycles. The van der Waals surface area contributed by atoms with E-state index in [1.54, 1.807) is 28.7 Å². The zero-order valence-corrected chi connectivity index (χ0v) is 14.3. The molecule has 0 saturated carbocycles. The number of aryl methyl sites for hydroxylation is 1. The Morgan fingerprint density at radius 3 is 2.65 bits per heavy atom. The average Bonchev–Trinajstić information content (AvgIpc) is 3.12. The lowest BCUT2D eigenvalue weighted by Crippen LogP contribution is -2.12. The first kappa shape index (κ1) is 14.3. The molecule has 0 aliphatic heterocycles. The highest BCUT2D eigenvalue weighted by Crippen LogP contribution is 2.28. The van der Waals surface area contributed by atoms with Crippen molar-refractivity contribution in [2.75, 3.05) is 0 Å². The van der Waals surface area contributed by atoms with E-state index in [4.69, 9.17) is 0 Å². The molecule has 0 saturated heterocycles. The van der Waals surface area contributed by atoms with Crippen LogP contribution in [0, 0.1) is 6.92 Å². The van der Waals surface area contributed by atoms with Gasteiger partial charge in [0.05, 0.1) is 15.6 Å². The molecule has 0 unspecified atom stereocenters. The van der Waals surface area contributed by atoms with E-state index in [-0.39, 0.29) is 4.90 Å². The molecule has 0 amide bonds. The summed E-state index contributed by atoms with van der Waals surface area (Å²) in [5.41, 5.74) is 2.45. The predicted molar refractivity (Wildman–Crippen MR) is 87.7 cm³/mol. The first-order valence-electron chi connectivity index (χ1n) is 6.66. The Balaban J connectivity index is 2.04. The van der Waals surface area contributed by atoms with Crippen LogP contribution in [0.15, 0.2) is 52.4 Å². The summed E-state index contributed by atoms with van der Waals surface area (Å²) in [6.07, 6.45) is 4.50. The number of rotatable bonds is 2. The molecule has 4 rings (SSSR count). The third-order valence-electron chi connectivity index (χ3n) is 3.57. The van der Waals surface area contributed by atoms with Crippen LogP contribution in [0.1, 0.15) is 5.56 Å². The molecular formula is C14H10BrN5O2S. The smallest absolute Gasteiger partial charge is 0.269 e. The van der Waals surface area contributed by atoms with Gasteiger partial charge in [-0.1, -0.05) is 17.7 Å². The topological polar surface area (TPSA) is 82.1 Å². The fourth-order valence-corrected chi connectivity index (χ4v) is 4.43. The molecule has 9 heteroatoms. The highest BCUT2D eigenvalue weighted by Gasteiger charge is 2.23. The molecule has 0 radical (unpaired) electrons. The van der Waals surface area contributed by atoms with E-state index < -0.39 is 10.0 Å². The second-order valence-electron chi connectivity index (χ2n) is 5.08. The lowest BCUT2D eigenvalue weighted by Gasteiger charge is -2.07. The van der Waals surface area contributed by atoms with Gasteiger partial charge in [-0.15, -0.1) is 10.2 Å². The summed E-state index contributed by atoms with van der Waals surface area (Å²) in [7, 11) is -3.74. The molecule has 116 valence electrons. The minimum Gasteiger partial charge on any atom is -0.276 e. The number of fused-ring (bicyclic) bond motifs is 3. The van der Waals surface area contributed by atoms with Gasteiger partial charge < -0.3 is 0 Å². The molecule has 0 bridgehead atoms. The fourth-order valence-electron chi connectivity index (χ4n) is 2.41. The van der Waals surface area contributed by atoms with Crippen molar-refractivity contribution in [3.8, 4) is 0 Å². The monoisotopic (exact) mass is 391 g/mol. The van der Waals surface area contributed by atoms with Crippen LogP contribution in [0.3, 0.4) is 0 Å². The third kappa shape index (κ3) is 2.07. The Morgan fingerprint density at radius 1 is 1.17 bits per heavy atom. The maximum Gasteiger partial charge on any atom is 0.269 e. The van der Waals surface area contributed by atoms with Gasteiger partial charge in [0.1, 0.15) is 11.8 Å². The Hall–Kier alpha value is -2.26. The number of benzene rings is 1. The van der Waals surface area contributed by atoms with Gasteiger partial charge in [-0.3, -0.25) is 4.40 Å². The van der Waals surface area contributed by atoms with Crippen LogP contribution in [-0.2, 0) is 10.0 Å². The van der Waals surface area contributed by atoms with Gasteiger partial charge >= 0.3 is 0 Å². The standard InChI is InChI=1S/C14H10BrN5O2S/c1-9-2-4-10(5-3-9)23(21,22)20-7-11(15)13-14(20)16-6-12-18-17-8-19(12)13/h2-8H,1H3. The Bertz CT molecular complexity index is 1150. The third-order valence-corrected chi connectivity index (χ3v) is 5.82. The second kappa shape index (κ2) is 4.87. The van der Waals surface area contributed by atoms with E-state index >= 15 is 0 Å². The van der Waals surface area contributed by atoms with Crippen LogP contribution in [-0.4, -0.2) is 32.0 Å². The number of nitrogens with zero attached hydrogens (tertiary/aromatic N) is 5. The number of hydrogen-bond acceptors (Lipinski definition) is 5. The van der Waals surface area contributed by atoms with E-state index in [0.717, 1.165) is 9.54 Å². The van der Waals surface area contributed by atoms with Gasteiger partial charge in [-0.2, -0.15) is 0 Å². The molecule has 1 aromatic carbocycles. The highest BCUT2D eigenvalue weighted by molar-refractivity contribution is 9.10. The Kier molecular flexibility index (Phi) is 3.03. The summed E-state index contributed by atoms with van der Waals surface area (Å²) in [5, 5.41) is 7.75. The van der Waals surface area contributed by atoms with Gasteiger partial charge in [-0.05, 0) is 35.0 Å². The molecule has 0 spiro atoms. The minimum atomic E-state index is -3.74. The number of aromatic nitrogens is 5. The first-order valence-corrected chi connectivity index (χ1v) is 8.89. The van der Waals surface area contributed by atoms with Crippen molar-refractivity contribution in [2.45, 2.75) is 11.8 Å². The summed E-state index contributed by atoms with van der Waals surface area (Å²) in [6, 6.07) is 6.70.